The predicted molar refractivity (Wildman–Crippen MR) is 64.0 cm³/mol. The van der Waals surface area contributed by atoms with Crippen molar-refractivity contribution < 1.29 is 9.90 Å². The van der Waals surface area contributed by atoms with Gasteiger partial charge in [-0.15, -0.1) is 0 Å². The van der Waals surface area contributed by atoms with Crippen LogP contribution in [0.5, 0.6) is 0 Å². The smallest absolute Gasteiger partial charge is 0.352 e. The summed E-state index contributed by atoms with van der Waals surface area (Å²) in [5.74, 6) is -0.994. The normalized spacial score (nSPS) is 10.4. The second-order valence-electron chi connectivity index (χ2n) is 4.04. The number of hydrogen-bond donors (Lipinski definition) is 1. The molecule has 1 N–H and O–H groups in total. The highest BCUT2D eigenvalue weighted by Gasteiger charge is 2.19. The van der Waals surface area contributed by atoms with Gasteiger partial charge in [-0.2, -0.15) is 5.26 Å². The lowest BCUT2D eigenvalue weighted by molar-refractivity contribution is 0.0685. The highest BCUT2D eigenvalue weighted by atomic mass is 16.4. The average molecular weight is 228 g/mol. The minimum absolute atomic E-state index is 0.0506. The first-order valence-electron chi connectivity index (χ1n) is 5.26. The zero-order chi connectivity index (χ0) is 12.6. The van der Waals surface area contributed by atoms with E-state index in [9.17, 15) is 9.90 Å². The van der Waals surface area contributed by atoms with Gasteiger partial charge in [-0.1, -0.05) is 11.6 Å². The van der Waals surface area contributed by atoms with Crippen molar-refractivity contribution in [3.05, 3.63) is 35.0 Å². The van der Waals surface area contributed by atoms with E-state index < -0.39 is 5.97 Å². The molecule has 0 fully saturated rings. The lowest BCUT2D eigenvalue weighted by Crippen LogP contribution is -2.08. The van der Waals surface area contributed by atoms with Crippen molar-refractivity contribution in [2.45, 2.75) is 20.4 Å². The van der Waals surface area contributed by atoms with Crippen LogP contribution in [0.4, 0.5) is 0 Å². The molecule has 1 heterocycles. The number of carboxylic acid groups (broad SMARTS) is 1. The van der Waals surface area contributed by atoms with Gasteiger partial charge in [-0.05, 0) is 31.5 Å². The molecule has 0 spiro atoms. The molecule has 0 bridgehead atoms. The Bertz CT molecular complexity index is 647. The van der Waals surface area contributed by atoms with Crippen LogP contribution in [0.3, 0.4) is 0 Å². The summed E-state index contributed by atoms with van der Waals surface area (Å²) in [4.78, 5) is 11.2. The van der Waals surface area contributed by atoms with Gasteiger partial charge >= 0.3 is 5.97 Å². The van der Waals surface area contributed by atoms with Crippen LogP contribution in [-0.2, 0) is 6.54 Å². The van der Waals surface area contributed by atoms with Crippen molar-refractivity contribution >= 4 is 16.9 Å². The van der Waals surface area contributed by atoms with E-state index in [0.717, 1.165) is 16.5 Å². The summed E-state index contributed by atoms with van der Waals surface area (Å²) in [5, 5.41) is 18.9. The van der Waals surface area contributed by atoms with Crippen molar-refractivity contribution in [2.75, 3.05) is 0 Å². The number of rotatable bonds is 2. The summed E-state index contributed by atoms with van der Waals surface area (Å²) in [5.41, 5.74) is 2.79. The number of carboxylic acids is 1. The van der Waals surface area contributed by atoms with Crippen molar-refractivity contribution in [3.8, 4) is 6.07 Å². The Hall–Kier alpha value is -2.28. The van der Waals surface area contributed by atoms with E-state index in [1.54, 1.807) is 11.5 Å². The van der Waals surface area contributed by atoms with Crippen LogP contribution in [0.25, 0.3) is 10.9 Å². The Morgan fingerprint density at radius 2 is 2.18 bits per heavy atom. The Morgan fingerprint density at radius 3 is 2.76 bits per heavy atom. The molecule has 0 radical (unpaired) electrons. The van der Waals surface area contributed by atoms with E-state index in [0.29, 0.717) is 5.56 Å². The van der Waals surface area contributed by atoms with Gasteiger partial charge in [-0.25, -0.2) is 4.79 Å². The first kappa shape index (κ1) is 11.2. The fourth-order valence-corrected chi connectivity index (χ4v) is 2.15. The number of carbonyl (C=O) groups is 1. The number of benzene rings is 1. The molecule has 1 aromatic heterocycles. The van der Waals surface area contributed by atoms with Crippen molar-refractivity contribution in [2.24, 2.45) is 0 Å². The highest BCUT2D eigenvalue weighted by molar-refractivity contribution is 5.98. The molecule has 2 aromatic rings. The highest BCUT2D eigenvalue weighted by Crippen LogP contribution is 2.26. The van der Waals surface area contributed by atoms with Gasteiger partial charge < -0.3 is 9.67 Å². The number of aromatic carboxylic acids is 1. The maximum absolute atomic E-state index is 11.2. The van der Waals surface area contributed by atoms with Gasteiger partial charge in [0, 0.05) is 10.9 Å². The molecule has 4 heteroatoms. The maximum Gasteiger partial charge on any atom is 0.352 e. The number of hydrogen-bond acceptors (Lipinski definition) is 2. The molecule has 0 unspecified atom stereocenters. The molecule has 0 saturated heterocycles. The third-order valence-corrected chi connectivity index (χ3v) is 2.90. The van der Waals surface area contributed by atoms with Gasteiger partial charge in [0.1, 0.15) is 12.2 Å². The lowest BCUT2D eigenvalue weighted by atomic mass is 10.1. The largest absolute Gasteiger partial charge is 0.477 e. The van der Waals surface area contributed by atoms with Crippen LogP contribution in [-0.4, -0.2) is 15.6 Å². The first-order chi connectivity index (χ1) is 8.06. The monoisotopic (exact) mass is 228 g/mol. The molecule has 1 aromatic carbocycles. The number of fused-ring (bicyclic) bond motifs is 1. The average Bonchev–Trinajstić information content (AvgIpc) is 2.53. The summed E-state index contributed by atoms with van der Waals surface area (Å²) < 4.78 is 1.55. The van der Waals surface area contributed by atoms with E-state index in [1.165, 1.54) is 0 Å². The van der Waals surface area contributed by atoms with Crippen LogP contribution in [0.2, 0.25) is 0 Å². The minimum atomic E-state index is -0.994. The van der Waals surface area contributed by atoms with Crippen molar-refractivity contribution in [3.63, 3.8) is 0 Å². The molecule has 0 saturated carbocycles. The molecular formula is C13H12N2O2. The lowest BCUT2D eigenvalue weighted by Gasteiger charge is -2.02. The molecule has 0 aliphatic rings. The quantitative estimate of drug-likeness (QED) is 0.858. The fraction of sp³-hybridized carbons (Fsp3) is 0.231. The number of aryl methyl sites for hydroxylation is 2. The number of nitrogens with zero attached hydrogens (tertiary/aromatic N) is 2. The van der Waals surface area contributed by atoms with Gasteiger partial charge in [0.25, 0.3) is 0 Å². The Balaban J connectivity index is 2.88. The molecule has 0 atom stereocenters. The predicted octanol–water partition coefficient (Wildman–Crippen LogP) is 2.48. The van der Waals surface area contributed by atoms with E-state index in [2.05, 4.69) is 0 Å². The molecule has 2 rings (SSSR count). The van der Waals surface area contributed by atoms with Crippen molar-refractivity contribution in [1.82, 2.24) is 4.57 Å². The van der Waals surface area contributed by atoms with Gasteiger partial charge in [0.05, 0.1) is 6.07 Å². The zero-order valence-electron chi connectivity index (χ0n) is 9.69. The third-order valence-electron chi connectivity index (χ3n) is 2.90. The third kappa shape index (κ3) is 1.66. The summed E-state index contributed by atoms with van der Waals surface area (Å²) in [6, 6.07) is 7.73. The van der Waals surface area contributed by atoms with Crippen LogP contribution in [0, 0.1) is 25.2 Å². The number of nitriles is 1. The summed E-state index contributed by atoms with van der Waals surface area (Å²) in [7, 11) is 0. The molecule has 17 heavy (non-hydrogen) atoms. The Kier molecular flexibility index (Phi) is 2.60. The molecule has 86 valence electrons. The van der Waals surface area contributed by atoms with Crippen LogP contribution >= 0.6 is 0 Å². The molecule has 0 aliphatic carbocycles. The van der Waals surface area contributed by atoms with Crippen LogP contribution in [0.1, 0.15) is 21.6 Å². The molecular weight excluding hydrogens is 216 g/mol. The Morgan fingerprint density at radius 1 is 1.47 bits per heavy atom. The van der Waals surface area contributed by atoms with E-state index in [4.69, 9.17) is 5.26 Å². The van der Waals surface area contributed by atoms with Gasteiger partial charge in [0.2, 0.25) is 0 Å². The summed E-state index contributed by atoms with van der Waals surface area (Å²) >= 11 is 0. The maximum atomic E-state index is 11.2. The van der Waals surface area contributed by atoms with Gasteiger partial charge in [-0.3, -0.25) is 0 Å². The number of aromatic nitrogens is 1. The fourth-order valence-electron chi connectivity index (χ4n) is 2.15. The SMILES string of the molecule is Cc1ccc2c(c1)c(C)c(C(=O)O)n2CC#N. The topological polar surface area (TPSA) is 66.0 Å². The van der Waals surface area contributed by atoms with E-state index in [1.807, 2.05) is 31.2 Å². The molecule has 4 nitrogen and oxygen atoms in total. The second-order valence-corrected chi connectivity index (χ2v) is 4.04. The second kappa shape index (κ2) is 3.95. The van der Waals surface area contributed by atoms with Crippen LogP contribution < -0.4 is 0 Å². The minimum Gasteiger partial charge on any atom is -0.477 e. The van der Waals surface area contributed by atoms with Gasteiger partial charge in [0.15, 0.2) is 0 Å². The zero-order valence-corrected chi connectivity index (χ0v) is 9.69. The van der Waals surface area contributed by atoms with Crippen molar-refractivity contribution in [1.29, 1.82) is 5.26 Å². The van der Waals surface area contributed by atoms with E-state index >= 15 is 0 Å². The summed E-state index contributed by atoms with van der Waals surface area (Å²) in [6.07, 6.45) is 0. The first-order valence-corrected chi connectivity index (χ1v) is 5.26. The molecule has 0 amide bonds. The Labute approximate surface area is 98.7 Å². The molecule has 0 aliphatic heterocycles. The standard InChI is InChI=1S/C13H12N2O2/c1-8-3-4-11-10(7-8)9(2)12(13(16)17)15(11)6-5-14/h3-4,7H,6H2,1-2H3,(H,16,17). The van der Waals surface area contributed by atoms with E-state index in [-0.39, 0.29) is 12.2 Å². The summed E-state index contributed by atoms with van der Waals surface area (Å²) in [6.45, 7) is 3.79. The van der Waals surface area contributed by atoms with Crippen LogP contribution in [0.15, 0.2) is 18.2 Å².